The monoisotopic (exact) mass is 313 g/mol. The second-order valence-electron chi connectivity index (χ2n) is 5.24. The summed E-state index contributed by atoms with van der Waals surface area (Å²) in [5, 5.41) is 6.28. The van der Waals surface area contributed by atoms with E-state index in [1.54, 1.807) is 13.8 Å². The molecule has 1 amide bonds. The Kier molecular flexibility index (Phi) is 4.20. The van der Waals surface area contributed by atoms with Gasteiger partial charge in [0, 0.05) is 6.92 Å². The van der Waals surface area contributed by atoms with Crippen LogP contribution in [0.2, 0.25) is 0 Å². The second kappa shape index (κ2) is 5.78. The van der Waals surface area contributed by atoms with Crippen LogP contribution in [0.15, 0.2) is 22.7 Å². The minimum atomic E-state index is -2.95. The number of nitrogens with zero attached hydrogens (tertiary/aromatic N) is 2. The van der Waals surface area contributed by atoms with Crippen LogP contribution in [0.5, 0.6) is 0 Å². The van der Waals surface area contributed by atoms with Crippen LogP contribution in [-0.4, -0.2) is 16.0 Å². The third-order valence-electron chi connectivity index (χ3n) is 2.97. The fourth-order valence-electron chi connectivity index (χ4n) is 1.97. The molecule has 8 heteroatoms. The van der Waals surface area contributed by atoms with Crippen LogP contribution in [0.1, 0.15) is 38.6 Å². The Balaban J connectivity index is 2.41. The van der Waals surface area contributed by atoms with Crippen molar-refractivity contribution in [2.45, 2.75) is 32.7 Å². The van der Waals surface area contributed by atoms with Gasteiger partial charge in [0.1, 0.15) is 5.82 Å². The summed E-state index contributed by atoms with van der Waals surface area (Å²) < 4.78 is 44.4. The van der Waals surface area contributed by atoms with Crippen LogP contribution in [0.25, 0.3) is 11.5 Å². The van der Waals surface area contributed by atoms with E-state index in [2.05, 4.69) is 15.5 Å². The van der Waals surface area contributed by atoms with Crippen molar-refractivity contribution >= 4 is 5.91 Å². The topological polar surface area (TPSA) is 68.0 Å². The van der Waals surface area contributed by atoms with Gasteiger partial charge < -0.3 is 9.84 Å². The zero-order chi connectivity index (χ0) is 16.5. The van der Waals surface area contributed by atoms with E-state index in [9.17, 15) is 18.0 Å². The Hall–Kier alpha value is -2.38. The molecule has 1 N–H and O–H groups in total. The van der Waals surface area contributed by atoms with E-state index >= 15 is 0 Å². The van der Waals surface area contributed by atoms with Gasteiger partial charge in [-0.3, -0.25) is 4.79 Å². The summed E-state index contributed by atoms with van der Waals surface area (Å²) in [6.07, 6.45) is -2.95. The second-order valence-corrected chi connectivity index (χ2v) is 5.24. The van der Waals surface area contributed by atoms with E-state index < -0.39 is 23.3 Å². The molecule has 0 bridgehead atoms. The molecule has 1 aromatic carbocycles. The molecule has 0 fully saturated rings. The third-order valence-corrected chi connectivity index (χ3v) is 2.97. The molecule has 1 heterocycles. The number of benzene rings is 1. The average Bonchev–Trinajstić information content (AvgIpc) is 2.87. The number of hydrogen-bond acceptors (Lipinski definition) is 4. The number of rotatable bonds is 4. The molecule has 0 saturated carbocycles. The van der Waals surface area contributed by atoms with Gasteiger partial charge in [-0.1, -0.05) is 17.3 Å². The molecule has 0 aliphatic rings. The maximum absolute atomic E-state index is 14.0. The van der Waals surface area contributed by atoms with E-state index in [1.807, 2.05) is 0 Å². The molecule has 2 rings (SSSR count). The van der Waals surface area contributed by atoms with Crippen molar-refractivity contribution in [3.05, 3.63) is 35.4 Å². The number of carbonyl (C=O) groups excluding carboxylic acids is 1. The minimum absolute atomic E-state index is 0.111. The SMILES string of the molecule is CC(=O)NC(C)(C)c1noc(-c2cccc(C(F)F)c2F)n1. The highest BCUT2D eigenvalue weighted by Crippen LogP contribution is 2.30. The highest BCUT2D eigenvalue weighted by molar-refractivity contribution is 5.73. The predicted molar refractivity (Wildman–Crippen MR) is 71.5 cm³/mol. The largest absolute Gasteiger partial charge is 0.344 e. The lowest BCUT2D eigenvalue weighted by atomic mass is 10.0. The van der Waals surface area contributed by atoms with Gasteiger partial charge in [0.15, 0.2) is 5.82 Å². The maximum atomic E-state index is 14.0. The van der Waals surface area contributed by atoms with Gasteiger partial charge in [0.2, 0.25) is 5.91 Å². The number of amides is 1. The first kappa shape index (κ1) is 16.0. The molecule has 22 heavy (non-hydrogen) atoms. The van der Waals surface area contributed by atoms with Gasteiger partial charge in [0.05, 0.1) is 16.7 Å². The quantitative estimate of drug-likeness (QED) is 0.941. The predicted octanol–water partition coefficient (Wildman–Crippen LogP) is 3.18. The van der Waals surface area contributed by atoms with E-state index in [0.29, 0.717) is 0 Å². The molecular formula is C14H14F3N3O2. The fourth-order valence-corrected chi connectivity index (χ4v) is 1.97. The first-order valence-electron chi connectivity index (χ1n) is 6.42. The molecule has 0 unspecified atom stereocenters. The molecule has 0 saturated heterocycles. The summed E-state index contributed by atoms with van der Waals surface area (Å²) in [7, 11) is 0. The zero-order valence-corrected chi connectivity index (χ0v) is 12.2. The first-order chi connectivity index (χ1) is 10.2. The Morgan fingerprint density at radius 3 is 2.64 bits per heavy atom. The molecular weight excluding hydrogens is 299 g/mol. The maximum Gasteiger partial charge on any atom is 0.266 e. The van der Waals surface area contributed by atoms with Gasteiger partial charge in [-0.2, -0.15) is 4.98 Å². The summed E-state index contributed by atoms with van der Waals surface area (Å²) in [4.78, 5) is 15.1. The Labute approximate surface area is 124 Å². The average molecular weight is 313 g/mol. The molecule has 0 radical (unpaired) electrons. The molecule has 1 aromatic heterocycles. The van der Waals surface area contributed by atoms with Crippen molar-refractivity contribution in [1.82, 2.24) is 15.5 Å². The fraction of sp³-hybridized carbons (Fsp3) is 0.357. The lowest BCUT2D eigenvalue weighted by Crippen LogP contribution is -2.40. The summed E-state index contributed by atoms with van der Waals surface area (Å²) in [6, 6.07) is 3.54. The summed E-state index contributed by atoms with van der Waals surface area (Å²) >= 11 is 0. The molecule has 118 valence electrons. The molecule has 0 atom stereocenters. The highest BCUT2D eigenvalue weighted by atomic mass is 19.3. The Morgan fingerprint density at radius 2 is 2.05 bits per heavy atom. The van der Waals surface area contributed by atoms with E-state index in [-0.39, 0.29) is 23.2 Å². The standard InChI is InChI=1S/C14H14F3N3O2/c1-7(21)19-14(2,3)13-18-12(22-20-13)9-6-4-5-8(10(9)15)11(16)17/h4-6,11H,1-3H3,(H,19,21). The number of aromatic nitrogens is 2. The summed E-state index contributed by atoms with van der Waals surface area (Å²) in [5.74, 6) is -1.53. The van der Waals surface area contributed by atoms with Gasteiger partial charge >= 0.3 is 0 Å². The number of alkyl halides is 2. The van der Waals surface area contributed by atoms with E-state index in [1.165, 1.54) is 19.1 Å². The minimum Gasteiger partial charge on any atom is -0.344 e. The number of carbonyl (C=O) groups is 1. The molecule has 0 spiro atoms. The lowest BCUT2D eigenvalue weighted by Gasteiger charge is -2.20. The lowest BCUT2D eigenvalue weighted by molar-refractivity contribution is -0.120. The van der Waals surface area contributed by atoms with Gasteiger partial charge in [0.25, 0.3) is 12.3 Å². The van der Waals surface area contributed by atoms with Crippen molar-refractivity contribution < 1.29 is 22.5 Å². The van der Waals surface area contributed by atoms with Gasteiger partial charge in [-0.15, -0.1) is 0 Å². The van der Waals surface area contributed by atoms with E-state index in [0.717, 1.165) is 6.07 Å². The number of nitrogens with one attached hydrogen (secondary N) is 1. The van der Waals surface area contributed by atoms with Crippen molar-refractivity contribution in [1.29, 1.82) is 0 Å². The van der Waals surface area contributed by atoms with Gasteiger partial charge in [-0.05, 0) is 19.9 Å². The van der Waals surface area contributed by atoms with Crippen LogP contribution in [0.3, 0.4) is 0 Å². The zero-order valence-electron chi connectivity index (χ0n) is 12.2. The third kappa shape index (κ3) is 3.10. The van der Waals surface area contributed by atoms with Crippen LogP contribution < -0.4 is 5.32 Å². The number of hydrogen-bond donors (Lipinski definition) is 1. The molecule has 5 nitrogen and oxygen atoms in total. The van der Waals surface area contributed by atoms with Crippen LogP contribution in [0, 0.1) is 5.82 Å². The van der Waals surface area contributed by atoms with Crippen molar-refractivity contribution in [3.8, 4) is 11.5 Å². The van der Waals surface area contributed by atoms with Crippen molar-refractivity contribution in [3.63, 3.8) is 0 Å². The molecule has 0 aliphatic heterocycles. The number of halogens is 3. The first-order valence-corrected chi connectivity index (χ1v) is 6.42. The van der Waals surface area contributed by atoms with Crippen LogP contribution in [0.4, 0.5) is 13.2 Å². The summed E-state index contributed by atoms with van der Waals surface area (Å²) in [5.41, 5.74) is -1.89. The van der Waals surface area contributed by atoms with Crippen molar-refractivity contribution in [2.24, 2.45) is 0 Å². The normalized spacial score (nSPS) is 11.8. The van der Waals surface area contributed by atoms with Crippen molar-refractivity contribution in [2.75, 3.05) is 0 Å². The van der Waals surface area contributed by atoms with Gasteiger partial charge in [-0.25, -0.2) is 13.2 Å². The van der Waals surface area contributed by atoms with Crippen LogP contribution in [-0.2, 0) is 10.3 Å². The Morgan fingerprint density at radius 1 is 1.36 bits per heavy atom. The smallest absolute Gasteiger partial charge is 0.266 e. The summed E-state index contributed by atoms with van der Waals surface area (Å²) in [6.45, 7) is 4.60. The molecule has 0 aliphatic carbocycles. The molecule has 2 aromatic rings. The highest BCUT2D eigenvalue weighted by Gasteiger charge is 2.29. The van der Waals surface area contributed by atoms with E-state index in [4.69, 9.17) is 4.52 Å². The Bertz CT molecular complexity index is 698. The van der Waals surface area contributed by atoms with Crippen LogP contribution >= 0.6 is 0 Å².